The number of anilines is 1. The lowest BCUT2D eigenvalue weighted by Crippen LogP contribution is -2.43. The molecule has 310 valence electrons. The van der Waals surface area contributed by atoms with Gasteiger partial charge in [0.25, 0.3) is 0 Å². The molecule has 0 saturated heterocycles. The molecule has 0 unspecified atom stereocenters. The van der Waals surface area contributed by atoms with Gasteiger partial charge in [-0.25, -0.2) is 26.3 Å². The number of hydrogen-bond acceptors (Lipinski definition) is 12. The maximum absolute atomic E-state index is 15.6. The number of nitrogens with zero attached hydrogens (tertiary/aromatic N) is 6. The number of methoxy groups -OCH3 is 3. The molecular formula is C39H46IN7O9S2. The fraction of sp³-hybridized carbons (Fsp3) is 0.333. The van der Waals surface area contributed by atoms with E-state index in [9.17, 15) is 13.2 Å². The van der Waals surface area contributed by atoms with Crippen molar-refractivity contribution in [3.05, 3.63) is 105 Å². The number of halogens is 1. The number of aromatic nitrogens is 4. The predicted octanol–water partition coefficient (Wildman–Crippen LogP) is 5.66. The van der Waals surface area contributed by atoms with Crippen LogP contribution in [0.3, 0.4) is 0 Å². The number of nitrogens with one attached hydrogen (secondary N) is 1. The standard InChI is InChI=1S/C39H46IN7O9S2/c1-26(56-38(48)41-39(2,3)4)22-47(57(49)50)34-21-20-33(40)35(37-42-43-44-46(37)25-29-12-18-32(55-7)19-13-29)36(34)58(51,52)45(23-27-8-14-30(53-5)15-9-27)24-28-10-16-31(54-6)17-11-28/h8-21,26,57H,22-25H2,1-7H3,(H,41,48)/t26-/m1/s1. The number of ether oxygens (including phenoxy) is 4. The highest BCUT2D eigenvalue weighted by molar-refractivity contribution is 14.1. The van der Waals surface area contributed by atoms with Gasteiger partial charge in [-0.3, -0.25) is 4.31 Å². The van der Waals surface area contributed by atoms with Crippen molar-refractivity contribution in [3.8, 4) is 28.6 Å². The maximum Gasteiger partial charge on any atom is 0.407 e. The molecule has 0 spiro atoms. The zero-order chi connectivity index (χ0) is 42.2. The van der Waals surface area contributed by atoms with E-state index in [-0.39, 0.29) is 41.6 Å². The normalized spacial score (nSPS) is 12.3. The topological polar surface area (TPSA) is 184 Å². The van der Waals surface area contributed by atoms with E-state index in [2.05, 4.69) is 20.8 Å². The van der Waals surface area contributed by atoms with Crippen LogP contribution in [0.5, 0.6) is 17.2 Å². The first-order valence-electron chi connectivity index (χ1n) is 17.9. The lowest BCUT2D eigenvalue weighted by Gasteiger charge is -2.29. The molecule has 16 nitrogen and oxygen atoms in total. The summed E-state index contributed by atoms with van der Waals surface area (Å²) in [5.74, 6) is 1.89. The van der Waals surface area contributed by atoms with Crippen molar-refractivity contribution in [2.75, 3.05) is 32.2 Å². The number of amides is 1. The second-order valence-electron chi connectivity index (χ2n) is 14.2. The minimum atomic E-state index is -4.69. The summed E-state index contributed by atoms with van der Waals surface area (Å²) in [6.45, 7) is 6.34. The largest absolute Gasteiger partial charge is 0.497 e. The van der Waals surface area contributed by atoms with Gasteiger partial charge in [0.2, 0.25) is 20.9 Å². The van der Waals surface area contributed by atoms with Gasteiger partial charge in [0.05, 0.1) is 45.7 Å². The molecule has 1 N–H and O–H groups in total. The third-order valence-corrected chi connectivity index (χ3v) is 12.2. The first kappa shape index (κ1) is 44.1. The predicted molar refractivity (Wildman–Crippen MR) is 227 cm³/mol. The molecule has 58 heavy (non-hydrogen) atoms. The average Bonchev–Trinajstić information content (AvgIpc) is 3.64. The Bertz CT molecular complexity index is 2310. The van der Waals surface area contributed by atoms with Crippen LogP contribution in [-0.2, 0) is 45.3 Å². The summed E-state index contributed by atoms with van der Waals surface area (Å²) in [6, 6.07) is 24.2. The molecule has 0 aliphatic rings. The summed E-state index contributed by atoms with van der Waals surface area (Å²) in [5, 5.41) is 15.2. The van der Waals surface area contributed by atoms with Crippen LogP contribution in [0.25, 0.3) is 11.4 Å². The van der Waals surface area contributed by atoms with Crippen LogP contribution in [0.1, 0.15) is 44.4 Å². The van der Waals surface area contributed by atoms with Gasteiger partial charge < -0.3 is 24.3 Å². The summed E-state index contributed by atoms with van der Waals surface area (Å²) < 4.78 is 83.3. The van der Waals surface area contributed by atoms with E-state index in [0.29, 0.717) is 31.9 Å². The van der Waals surface area contributed by atoms with Gasteiger partial charge >= 0.3 is 6.09 Å². The van der Waals surface area contributed by atoms with E-state index in [1.54, 1.807) is 94.6 Å². The SMILES string of the molecule is COc1ccc(CN(Cc2ccc(OC)cc2)S(=O)(=O)c2c(N(C[C@@H](C)OC(=O)NC(C)(C)C)[SH](=O)=O)ccc(I)c2-c2nnnn2Cc2ccc(OC)cc2)cc1. The molecule has 0 bridgehead atoms. The van der Waals surface area contributed by atoms with Crippen LogP contribution in [-0.4, -0.2) is 87.0 Å². The Morgan fingerprint density at radius 3 is 1.79 bits per heavy atom. The van der Waals surface area contributed by atoms with Crippen molar-refractivity contribution < 1.29 is 40.6 Å². The number of thiol groups is 1. The van der Waals surface area contributed by atoms with Gasteiger partial charge in [0, 0.05) is 22.2 Å². The van der Waals surface area contributed by atoms with Crippen molar-refractivity contribution in [2.45, 2.75) is 63.9 Å². The number of tetrazole rings is 1. The van der Waals surface area contributed by atoms with Crippen LogP contribution in [0, 0.1) is 3.57 Å². The smallest absolute Gasteiger partial charge is 0.407 e. The van der Waals surface area contributed by atoms with E-state index in [0.717, 1.165) is 9.87 Å². The molecular weight excluding hydrogens is 902 g/mol. The van der Waals surface area contributed by atoms with Crippen molar-refractivity contribution >= 4 is 55.3 Å². The molecule has 19 heteroatoms. The molecule has 0 aliphatic carbocycles. The fourth-order valence-electron chi connectivity index (χ4n) is 5.89. The van der Waals surface area contributed by atoms with E-state index in [1.165, 1.54) is 36.2 Å². The highest BCUT2D eigenvalue weighted by Gasteiger charge is 2.36. The van der Waals surface area contributed by atoms with Crippen molar-refractivity contribution in [2.24, 2.45) is 0 Å². The zero-order valence-corrected chi connectivity index (χ0v) is 36.9. The van der Waals surface area contributed by atoms with Crippen LogP contribution in [0.15, 0.2) is 89.8 Å². The summed E-state index contributed by atoms with van der Waals surface area (Å²) in [7, 11) is -3.57. The monoisotopic (exact) mass is 947 g/mol. The second-order valence-corrected chi connectivity index (χ2v) is 18.2. The number of benzene rings is 4. The van der Waals surface area contributed by atoms with E-state index < -0.39 is 45.2 Å². The summed E-state index contributed by atoms with van der Waals surface area (Å²) in [5.41, 5.74) is 1.32. The van der Waals surface area contributed by atoms with Gasteiger partial charge in [-0.05, 0) is 126 Å². The van der Waals surface area contributed by atoms with Crippen LogP contribution >= 0.6 is 22.6 Å². The molecule has 1 amide bonds. The zero-order valence-electron chi connectivity index (χ0n) is 33.1. The molecule has 5 rings (SSSR count). The molecule has 0 saturated carbocycles. The van der Waals surface area contributed by atoms with Crippen LogP contribution in [0.2, 0.25) is 0 Å². The quantitative estimate of drug-likeness (QED) is 0.0864. The van der Waals surface area contributed by atoms with Gasteiger partial charge in [0.15, 0.2) is 5.82 Å². The summed E-state index contributed by atoms with van der Waals surface area (Å²) >= 11 is 2.00. The van der Waals surface area contributed by atoms with Crippen molar-refractivity contribution in [1.29, 1.82) is 0 Å². The Kier molecular flexibility index (Phi) is 14.6. The van der Waals surface area contributed by atoms with Crippen molar-refractivity contribution in [1.82, 2.24) is 29.8 Å². The molecule has 1 heterocycles. The summed E-state index contributed by atoms with van der Waals surface area (Å²) in [6.07, 6.45) is -1.77. The number of rotatable bonds is 17. The lowest BCUT2D eigenvalue weighted by molar-refractivity contribution is 0.104. The molecule has 5 aromatic rings. The van der Waals surface area contributed by atoms with Gasteiger partial charge in [-0.2, -0.15) is 4.31 Å². The first-order valence-corrected chi connectivity index (χ1v) is 21.6. The van der Waals surface area contributed by atoms with Gasteiger partial charge in [-0.1, -0.05) is 36.4 Å². The molecule has 0 radical (unpaired) electrons. The Labute approximate surface area is 353 Å². The highest BCUT2D eigenvalue weighted by Crippen LogP contribution is 2.41. The number of hydrogen-bond donors (Lipinski definition) is 2. The van der Waals surface area contributed by atoms with Crippen molar-refractivity contribution in [3.63, 3.8) is 0 Å². The average molecular weight is 948 g/mol. The molecule has 1 aromatic heterocycles. The van der Waals surface area contributed by atoms with Crippen LogP contribution in [0.4, 0.5) is 10.5 Å². The Hall–Kier alpha value is -4.99. The summed E-state index contributed by atoms with van der Waals surface area (Å²) in [4.78, 5) is 12.4. The molecule has 1 atom stereocenters. The number of carbonyl (C=O) groups excluding carboxylic acids is 1. The Morgan fingerprint density at radius 2 is 1.33 bits per heavy atom. The fourth-order valence-corrected chi connectivity index (χ4v) is 9.34. The third kappa shape index (κ3) is 11.1. The van der Waals surface area contributed by atoms with E-state index in [1.807, 2.05) is 34.7 Å². The Morgan fingerprint density at radius 1 is 0.828 bits per heavy atom. The third-order valence-electron chi connectivity index (χ3n) is 8.66. The molecule has 0 fully saturated rings. The van der Waals surface area contributed by atoms with Gasteiger partial charge in [-0.15, -0.1) is 5.10 Å². The highest BCUT2D eigenvalue weighted by atomic mass is 127. The van der Waals surface area contributed by atoms with Gasteiger partial charge in [0.1, 0.15) is 28.2 Å². The molecule has 0 aliphatic heterocycles. The first-order chi connectivity index (χ1) is 27.5. The minimum Gasteiger partial charge on any atom is -0.497 e. The maximum atomic E-state index is 15.6. The van der Waals surface area contributed by atoms with E-state index in [4.69, 9.17) is 18.9 Å². The number of sulfonamides is 1. The molecule has 4 aromatic carbocycles. The minimum absolute atomic E-state index is 0.0735. The Balaban J connectivity index is 1.72. The van der Waals surface area contributed by atoms with Crippen LogP contribution < -0.4 is 23.8 Å². The number of carbonyl (C=O) groups is 1. The number of alkyl carbamates (subject to hydrolysis) is 1. The lowest BCUT2D eigenvalue weighted by atomic mass is 10.1. The second kappa shape index (κ2) is 19.2. The van der Waals surface area contributed by atoms with E-state index >= 15 is 8.42 Å².